The minimum absolute atomic E-state index is 0.000390. The lowest BCUT2D eigenvalue weighted by Gasteiger charge is -2.26. The van der Waals surface area contributed by atoms with E-state index in [0.717, 1.165) is 37.8 Å². The van der Waals surface area contributed by atoms with Gasteiger partial charge in [0.15, 0.2) is 0 Å². The maximum atomic E-state index is 12.2. The van der Waals surface area contributed by atoms with Crippen LogP contribution >= 0.6 is 0 Å². The van der Waals surface area contributed by atoms with E-state index in [1.54, 1.807) is 10.9 Å². The highest BCUT2D eigenvalue weighted by atomic mass is 16.1. The summed E-state index contributed by atoms with van der Waals surface area (Å²) in [6.45, 7) is 2.01. The Morgan fingerprint density at radius 2 is 2.17 bits per heavy atom. The molecule has 18 heavy (non-hydrogen) atoms. The molecule has 100 valence electrons. The molecule has 1 amide bonds. The zero-order valence-corrected chi connectivity index (χ0v) is 11.1. The summed E-state index contributed by atoms with van der Waals surface area (Å²) in [7, 11) is 1.84. The monoisotopic (exact) mass is 250 g/mol. The third-order valence-electron chi connectivity index (χ3n) is 3.59. The topological polar surface area (TPSA) is 72.9 Å². The van der Waals surface area contributed by atoms with Gasteiger partial charge in [-0.1, -0.05) is 6.92 Å². The molecular formula is C13H22N4O. The van der Waals surface area contributed by atoms with Gasteiger partial charge in [0.25, 0.3) is 5.91 Å². The molecule has 5 heteroatoms. The van der Waals surface area contributed by atoms with Gasteiger partial charge in [0.2, 0.25) is 0 Å². The zero-order valence-electron chi connectivity index (χ0n) is 11.1. The summed E-state index contributed by atoms with van der Waals surface area (Å²) in [4.78, 5) is 12.2. The molecule has 0 spiro atoms. The molecule has 0 saturated heterocycles. The Bertz CT molecular complexity index is 419. The number of carbonyl (C=O) groups excluding carboxylic acids is 1. The van der Waals surface area contributed by atoms with E-state index in [0.29, 0.717) is 11.6 Å². The first-order valence-corrected chi connectivity index (χ1v) is 6.69. The van der Waals surface area contributed by atoms with E-state index in [1.807, 2.05) is 14.0 Å². The molecule has 2 rings (SSSR count). The largest absolute Gasteiger partial charge is 0.349 e. The molecule has 0 aromatic carbocycles. The van der Waals surface area contributed by atoms with Crippen LogP contribution in [0.3, 0.4) is 0 Å². The standard InChI is InChI=1S/C13H22N4O/c1-3-12-11(8-17(2)16-12)13(18)15-10-6-4-9(14)5-7-10/h8-10H,3-7,14H2,1-2H3,(H,15,18). The maximum Gasteiger partial charge on any atom is 0.254 e. The van der Waals surface area contributed by atoms with E-state index in [2.05, 4.69) is 10.4 Å². The SMILES string of the molecule is CCc1nn(C)cc1C(=O)NC1CCC(N)CC1. The van der Waals surface area contributed by atoms with Crippen LogP contribution in [0.5, 0.6) is 0 Å². The summed E-state index contributed by atoms with van der Waals surface area (Å²) in [6, 6.07) is 0.574. The van der Waals surface area contributed by atoms with Gasteiger partial charge >= 0.3 is 0 Å². The van der Waals surface area contributed by atoms with Crippen molar-refractivity contribution in [2.45, 2.75) is 51.1 Å². The Labute approximate surface area is 108 Å². The number of nitrogens with one attached hydrogen (secondary N) is 1. The number of nitrogens with zero attached hydrogens (tertiary/aromatic N) is 2. The number of carbonyl (C=O) groups is 1. The molecule has 0 radical (unpaired) electrons. The molecule has 5 nitrogen and oxygen atoms in total. The van der Waals surface area contributed by atoms with Crippen molar-refractivity contribution in [3.63, 3.8) is 0 Å². The number of aryl methyl sites for hydroxylation is 2. The number of aromatic nitrogens is 2. The fourth-order valence-electron chi connectivity index (χ4n) is 2.51. The molecule has 1 aliphatic carbocycles. The van der Waals surface area contributed by atoms with Gasteiger partial charge in [-0.2, -0.15) is 5.10 Å². The van der Waals surface area contributed by atoms with Gasteiger partial charge in [-0.15, -0.1) is 0 Å². The van der Waals surface area contributed by atoms with Crippen LogP contribution in [0.2, 0.25) is 0 Å². The van der Waals surface area contributed by atoms with E-state index in [9.17, 15) is 4.79 Å². The number of amides is 1. The van der Waals surface area contributed by atoms with E-state index in [-0.39, 0.29) is 11.9 Å². The Morgan fingerprint density at radius 1 is 1.50 bits per heavy atom. The third kappa shape index (κ3) is 2.90. The number of nitrogens with two attached hydrogens (primary N) is 1. The van der Waals surface area contributed by atoms with Gasteiger partial charge < -0.3 is 11.1 Å². The lowest BCUT2D eigenvalue weighted by molar-refractivity contribution is 0.0925. The molecule has 0 aliphatic heterocycles. The molecule has 1 heterocycles. The van der Waals surface area contributed by atoms with Crippen LogP contribution in [-0.4, -0.2) is 27.8 Å². The fraction of sp³-hybridized carbons (Fsp3) is 0.692. The van der Waals surface area contributed by atoms with Crippen molar-refractivity contribution in [3.05, 3.63) is 17.5 Å². The molecule has 1 aromatic heterocycles. The van der Waals surface area contributed by atoms with Crippen molar-refractivity contribution >= 4 is 5.91 Å². The van der Waals surface area contributed by atoms with Crippen molar-refractivity contribution in [2.75, 3.05) is 0 Å². The highest BCUT2D eigenvalue weighted by Gasteiger charge is 2.22. The van der Waals surface area contributed by atoms with E-state index in [4.69, 9.17) is 5.73 Å². The number of hydrogen-bond acceptors (Lipinski definition) is 3. The molecular weight excluding hydrogens is 228 g/mol. The fourth-order valence-corrected chi connectivity index (χ4v) is 2.51. The first-order chi connectivity index (χ1) is 8.60. The van der Waals surface area contributed by atoms with E-state index in [1.165, 1.54) is 0 Å². The normalized spacial score (nSPS) is 23.9. The first kappa shape index (κ1) is 13.1. The van der Waals surface area contributed by atoms with Crippen LogP contribution in [0.25, 0.3) is 0 Å². The summed E-state index contributed by atoms with van der Waals surface area (Å²) in [5.41, 5.74) is 7.43. The summed E-state index contributed by atoms with van der Waals surface area (Å²) >= 11 is 0. The molecule has 0 bridgehead atoms. The lowest BCUT2D eigenvalue weighted by Crippen LogP contribution is -2.40. The van der Waals surface area contributed by atoms with E-state index < -0.39 is 0 Å². The molecule has 1 fully saturated rings. The van der Waals surface area contributed by atoms with Crippen LogP contribution < -0.4 is 11.1 Å². The number of hydrogen-bond donors (Lipinski definition) is 2. The van der Waals surface area contributed by atoms with Crippen molar-refractivity contribution in [1.82, 2.24) is 15.1 Å². The minimum atomic E-state index is 0.000390. The maximum absolute atomic E-state index is 12.2. The molecule has 1 saturated carbocycles. The first-order valence-electron chi connectivity index (χ1n) is 6.69. The van der Waals surface area contributed by atoms with E-state index >= 15 is 0 Å². The van der Waals surface area contributed by atoms with Crippen LogP contribution in [0.1, 0.15) is 48.7 Å². The Kier molecular flexibility index (Phi) is 4.01. The highest BCUT2D eigenvalue weighted by Crippen LogP contribution is 2.18. The smallest absolute Gasteiger partial charge is 0.254 e. The van der Waals surface area contributed by atoms with Crippen LogP contribution in [0.4, 0.5) is 0 Å². The Hall–Kier alpha value is -1.36. The van der Waals surface area contributed by atoms with Gasteiger partial charge in [-0.05, 0) is 32.1 Å². The van der Waals surface area contributed by atoms with Crippen molar-refractivity contribution < 1.29 is 4.79 Å². The average Bonchev–Trinajstić information content (AvgIpc) is 2.73. The van der Waals surface area contributed by atoms with Crippen LogP contribution in [0.15, 0.2) is 6.20 Å². The van der Waals surface area contributed by atoms with Crippen molar-refractivity contribution in [1.29, 1.82) is 0 Å². The Morgan fingerprint density at radius 3 is 2.78 bits per heavy atom. The second kappa shape index (κ2) is 5.52. The van der Waals surface area contributed by atoms with Gasteiger partial charge in [0, 0.05) is 25.3 Å². The van der Waals surface area contributed by atoms with Crippen LogP contribution in [0, 0.1) is 0 Å². The summed E-state index contributed by atoms with van der Waals surface area (Å²) < 4.78 is 1.70. The zero-order chi connectivity index (χ0) is 13.1. The Balaban J connectivity index is 1.99. The second-order valence-corrected chi connectivity index (χ2v) is 5.10. The molecule has 1 aliphatic rings. The highest BCUT2D eigenvalue weighted by molar-refractivity contribution is 5.95. The van der Waals surface area contributed by atoms with Crippen molar-refractivity contribution in [2.24, 2.45) is 12.8 Å². The molecule has 3 N–H and O–H groups in total. The average molecular weight is 250 g/mol. The van der Waals surface area contributed by atoms with Gasteiger partial charge in [-0.3, -0.25) is 9.48 Å². The molecule has 0 atom stereocenters. The van der Waals surface area contributed by atoms with Crippen LogP contribution in [-0.2, 0) is 13.5 Å². The molecule has 0 unspecified atom stereocenters. The second-order valence-electron chi connectivity index (χ2n) is 5.10. The number of rotatable bonds is 3. The quantitative estimate of drug-likeness (QED) is 0.840. The van der Waals surface area contributed by atoms with Crippen molar-refractivity contribution in [3.8, 4) is 0 Å². The minimum Gasteiger partial charge on any atom is -0.349 e. The van der Waals surface area contributed by atoms with Gasteiger partial charge in [0.1, 0.15) is 0 Å². The van der Waals surface area contributed by atoms with Gasteiger partial charge in [-0.25, -0.2) is 0 Å². The predicted molar refractivity (Wildman–Crippen MR) is 70.3 cm³/mol. The third-order valence-corrected chi connectivity index (χ3v) is 3.59. The molecule has 1 aromatic rings. The summed E-state index contributed by atoms with van der Waals surface area (Å²) in [5.74, 6) is 0.000390. The predicted octanol–water partition coefficient (Wildman–Crippen LogP) is 0.982. The summed E-state index contributed by atoms with van der Waals surface area (Å²) in [5, 5.41) is 7.39. The lowest BCUT2D eigenvalue weighted by atomic mass is 9.91. The van der Waals surface area contributed by atoms with Gasteiger partial charge in [0.05, 0.1) is 11.3 Å². The summed E-state index contributed by atoms with van der Waals surface area (Å²) in [6.07, 6.45) is 6.53.